The molecule has 3 heterocycles. The molecule has 3 aliphatic rings. The third-order valence-electron chi connectivity index (χ3n) is 11.3. The number of rotatable bonds is 9. The number of morpholine rings is 2. The van der Waals surface area contributed by atoms with Gasteiger partial charge in [-0.25, -0.2) is 13.8 Å². The van der Waals surface area contributed by atoms with E-state index in [0.29, 0.717) is 43.3 Å². The molecular formula is C48H42F5N5O5. The van der Waals surface area contributed by atoms with Crippen LogP contribution in [0, 0.1) is 11.6 Å². The summed E-state index contributed by atoms with van der Waals surface area (Å²) in [4.78, 5) is 29.2. The standard InChI is InChI=1S/C30H25FN2O2.C18H17F4N3O3/c31-25-15-19(27-16-32-10-11-35-27)8-9-26(25)33-30(34)22-12-20-7-6-18-2-1-3-23-24(17-4-5-17)14-21(13-22)28(20)29(18)23;19-13-7-11(16-9-23-5-6-27-16)1-3-14(13)25-17(26)15-4-2-12(8-24-15)28-10-18(20,21)22/h1-3,6-9,12-15,17,27,32H,4-5,10-11,16H2,(H,33,34);1-4,7-8,16,23H,5-6,9-10H2,(H,25,26)/t27-;16-/m01/s1. The van der Waals surface area contributed by atoms with Crippen molar-refractivity contribution < 1.29 is 45.8 Å². The van der Waals surface area contributed by atoms with E-state index < -0.39 is 30.3 Å². The Kier molecular flexibility index (Phi) is 11.9. The second-order valence-electron chi connectivity index (χ2n) is 15.8. The summed E-state index contributed by atoms with van der Waals surface area (Å²) in [6.45, 7) is 2.42. The number of pyridine rings is 1. The molecule has 0 radical (unpaired) electrons. The number of aromatic nitrogens is 1. The summed E-state index contributed by atoms with van der Waals surface area (Å²) in [6, 6.07) is 28.4. The summed E-state index contributed by atoms with van der Waals surface area (Å²) in [5.41, 5.74) is 3.34. The van der Waals surface area contributed by atoms with Gasteiger partial charge >= 0.3 is 6.18 Å². The fourth-order valence-electron chi connectivity index (χ4n) is 8.11. The van der Waals surface area contributed by atoms with Gasteiger partial charge in [0.15, 0.2) is 6.61 Å². The third kappa shape index (κ3) is 9.56. The van der Waals surface area contributed by atoms with Crippen molar-refractivity contribution in [1.82, 2.24) is 15.6 Å². The molecule has 324 valence electrons. The first-order chi connectivity index (χ1) is 30.5. The molecule has 3 fully saturated rings. The second-order valence-corrected chi connectivity index (χ2v) is 15.8. The predicted octanol–water partition coefficient (Wildman–Crippen LogP) is 9.59. The van der Waals surface area contributed by atoms with Gasteiger partial charge in [0, 0.05) is 31.7 Å². The van der Waals surface area contributed by atoms with Gasteiger partial charge in [-0.2, -0.15) is 13.2 Å². The zero-order valence-electron chi connectivity index (χ0n) is 33.8. The number of hydrogen-bond donors (Lipinski definition) is 4. The molecule has 10 rings (SSSR count). The quantitative estimate of drug-likeness (QED) is 0.0837. The van der Waals surface area contributed by atoms with E-state index >= 15 is 0 Å². The van der Waals surface area contributed by atoms with Crippen molar-refractivity contribution in [2.75, 3.05) is 56.6 Å². The minimum absolute atomic E-state index is 0.0447. The zero-order valence-corrected chi connectivity index (χ0v) is 33.8. The summed E-state index contributed by atoms with van der Waals surface area (Å²) < 4.78 is 81.4. The Bertz CT molecular complexity index is 2790. The number of carbonyl (C=O) groups is 2. The van der Waals surface area contributed by atoms with Crippen molar-refractivity contribution in [2.45, 2.75) is 37.1 Å². The van der Waals surface area contributed by atoms with E-state index in [9.17, 15) is 31.5 Å². The van der Waals surface area contributed by atoms with Crippen LogP contribution in [0.2, 0.25) is 0 Å². The highest BCUT2D eigenvalue weighted by Crippen LogP contribution is 2.47. The van der Waals surface area contributed by atoms with Crippen LogP contribution in [0.1, 0.15) is 68.5 Å². The first kappa shape index (κ1) is 42.1. The fourth-order valence-corrected chi connectivity index (χ4v) is 8.11. The van der Waals surface area contributed by atoms with Crippen LogP contribution >= 0.6 is 0 Å². The predicted molar refractivity (Wildman–Crippen MR) is 230 cm³/mol. The molecule has 1 aliphatic carbocycles. The molecule has 4 N–H and O–H groups in total. The number of amides is 2. The molecule has 2 atom stereocenters. The van der Waals surface area contributed by atoms with Gasteiger partial charge < -0.3 is 35.5 Å². The van der Waals surface area contributed by atoms with E-state index in [2.05, 4.69) is 67.4 Å². The van der Waals surface area contributed by atoms with Crippen LogP contribution in [0.15, 0.2) is 103 Å². The van der Waals surface area contributed by atoms with Crippen LogP contribution in [0.3, 0.4) is 0 Å². The molecule has 15 heteroatoms. The first-order valence-corrected chi connectivity index (χ1v) is 20.7. The number of nitrogens with one attached hydrogen (secondary N) is 4. The molecule has 2 saturated heterocycles. The number of benzene rings is 6. The number of anilines is 2. The highest BCUT2D eigenvalue weighted by Gasteiger charge is 2.29. The normalized spacial score (nSPS) is 17.9. The van der Waals surface area contributed by atoms with Gasteiger partial charge in [-0.1, -0.05) is 48.5 Å². The van der Waals surface area contributed by atoms with Crippen LogP contribution in [-0.4, -0.2) is 69.0 Å². The Hall–Kier alpha value is -6.26. The highest BCUT2D eigenvalue weighted by atomic mass is 19.4. The topological polar surface area (TPSA) is 123 Å². The molecular weight excluding hydrogens is 822 g/mol. The van der Waals surface area contributed by atoms with Crippen molar-refractivity contribution in [1.29, 1.82) is 0 Å². The van der Waals surface area contributed by atoms with E-state index in [1.165, 1.54) is 70.3 Å². The van der Waals surface area contributed by atoms with Gasteiger partial charge in [0.1, 0.15) is 23.1 Å². The van der Waals surface area contributed by atoms with Crippen LogP contribution in [0.5, 0.6) is 5.75 Å². The number of hydrogen-bond acceptors (Lipinski definition) is 8. The molecule has 0 bridgehead atoms. The molecule has 63 heavy (non-hydrogen) atoms. The number of carbonyl (C=O) groups excluding carboxylic acids is 2. The first-order valence-electron chi connectivity index (χ1n) is 20.7. The third-order valence-corrected chi connectivity index (χ3v) is 11.3. The molecule has 1 aromatic heterocycles. The lowest BCUT2D eigenvalue weighted by molar-refractivity contribution is -0.153. The maximum Gasteiger partial charge on any atom is 0.422 e. The summed E-state index contributed by atoms with van der Waals surface area (Å²) in [7, 11) is 0. The van der Waals surface area contributed by atoms with E-state index in [1.807, 2.05) is 18.2 Å². The zero-order chi connectivity index (χ0) is 43.7. The number of alkyl halides is 3. The van der Waals surface area contributed by atoms with Crippen LogP contribution in [-0.2, 0) is 9.47 Å². The fraction of sp³-hybridized carbons (Fsp3) is 0.271. The smallest absolute Gasteiger partial charge is 0.422 e. The van der Waals surface area contributed by atoms with E-state index in [1.54, 1.807) is 12.1 Å². The Morgan fingerprint density at radius 2 is 1.35 bits per heavy atom. The molecule has 0 spiro atoms. The van der Waals surface area contributed by atoms with Crippen LogP contribution < -0.4 is 26.0 Å². The van der Waals surface area contributed by atoms with E-state index in [4.69, 9.17) is 9.47 Å². The largest absolute Gasteiger partial charge is 0.483 e. The summed E-state index contributed by atoms with van der Waals surface area (Å²) in [5, 5.41) is 18.7. The van der Waals surface area contributed by atoms with Gasteiger partial charge in [0.25, 0.3) is 11.8 Å². The number of ether oxygens (including phenoxy) is 3. The Morgan fingerprint density at radius 1 is 0.714 bits per heavy atom. The van der Waals surface area contributed by atoms with Gasteiger partial charge in [-0.15, -0.1) is 0 Å². The molecule has 2 amide bonds. The minimum Gasteiger partial charge on any atom is -0.483 e. The van der Waals surface area contributed by atoms with Gasteiger partial charge in [0.2, 0.25) is 0 Å². The Balaban J connectivity index is 0.000000165. The SMILES string of the molecule is O=C(Nc1ccc([C@@H]2CNCCO2)cc1F)c1cc2ccc3cccc4c(C5CC5)cc(c1)c2c34.O=C(Nc1ccc([C@H]2CNCCO2)cc1F)c1ccc(OCC(F)(F)F)cn1. The summed E-state index contributed by atoms with van der Waals surface area (Å²) in [6.07, 6.45) is -1.50. The second kappa shape index (κ2) is 17.8. The Labute approximate surface area is 358 Å². The molecule has 0 unspecified atom stereocenters. The number of nitrogens with zero attached hydrogens (tertiary/aromatic N) is 1. The van der Waals surface area contributed by atoms with Gasteiger partial charge in [-0.3, -0.25) is 9.59 Å². The van der Waals surface area contributed by atoms with Crippen LogP contribution in [0.25, 0.3) is 32.3 Å². The molecule has 6 aromatic carbocycles. The lowest BCUT2D eigenvalue weighted by Crippen LogP contribution is -2.33. The van der Waals surface area contributed by atoms with E-state index in [-0.39, 0.29) is 40.9 Å². The van der Waals surface area contributed by atoms with Crippen molar-refractivity contribution in [3.05, 3.63) is 143 Å². The van der Waals surface area contributed by atoms with Gasteiger partial charge in [0.05, 0.1) is 43.0 Å². The van der Waals surface area contributed by atoms with Gasteiger partial charge in [-0.05, 0) is 116 Å². The lowest BCUT2D eigenvalue weighted by atomic mass is 9.89. The van der Waals surface area contributed by atoms with Crippen LogP contribution in [0.4, 0.5) is 33.3 Å². The molecule has 7 aromatic rings. The Morgan fingerprint density at radius 3 is 1.92 bits per heavy atom. The maximum absolute atomic E-state index is 14.9. The minimum atomic E-state index is -4.47. The average Bonchev–Trinajstić information content (AvgIpc) is 4.15. The molecule has 2 aliphatic heterocycles. The monoisotopic (exact) mass is 863 g/mol. The van der Waals surface area contributed by atoms with Crippen molar-refractivity contribution >= 4 is 55.5 Å². The highest BCUT2D eigenvalue weighted by molar-refractivity contribution is 6.25. The molecule has 1 saturated carbocycles. The average molecular weight is 864 g/mol. The summed E-state index contributed by atoms with van der Waals surface area (Å²) in [5.74, 6) is -1.65. The summed E-state index contributed by atoms with van der Waals surface area (Å²) >= 11 is 0. The van der Waals surface area contributed by atoms with Crippen molar-refractivity contribution in [2.24, 2.45) is 0 Å². The van der Waals surface area contributed by atoms with Crippen molar-refractivity contribution in [3.8, 4) is 5.75 Å². The maximum atomic E-state index is 14.9. The van der Waals surface area contributed by atoms with E-state index in [0.717, 1.165) is 35.6 Å². The molecule has 10 nitrogen and oxygen atoms in total. The number of halogens is 5. The lowest BCUT2D eigenvalue weighted by Gasteiger charge is -2.24. The van der Waals surface area contributed by atoms with Crippen molar-refractivity contribution in [3.63, 3.8) is 0 Å².